The van der Waals surface area contributed by atoms with Gasteiger partial charge in [-0.25, -0.2) is 4.79 Å². The van der Waals surface area contributed by atoms with E-state index in [1.165, 1.54) is 0 Å². The second-order valence-electron chi connectivity index (χ2n) is 5.85. The van der Waals surface area contributed by atoms with Crippen molar-refractivity contribution < 1.29 is 9.90 Å². The standard InChI is InChI=1S/C21H19NO2/c22-20-18(12-16-9-5-2-6-10-16)13-17(14-19(20)21(23)24)11-15-7-3-1-4-8-15/h1-10,13-14H,11-12,22H2,(H,23,24). The van der Waals surface area contributed by atoms with Crippen LogP contribution in [0.25, 0.3) is 0 Å². The highest BCUT2D eigenvalue weighted by Gasteiger charge is 2.14. The number of carboxylic acids is 1. The molecule has 3 rings (SSSR count). The van der Waals surface area contributed by atoms with Crippen molar-refractivity contribution in [2.45, 2.75) is 12.8 Å². The van der Waals surface area contributed by atoms with E-state index in [1.807, 2.05) is 66.7 Å². The molecule has 0 radical (unpaired) electrons. The third-order valence-corrected chi connectivity index (χ3v) is 4.04. The molecule has 0 amide bonds. The van der Waals surface area contributed by atoms with Gasteiger partial charge in [0, 0.05) is 5.69 Å². The first-order valence-electron chi connectivity index (χ1n) is 7.86. The van der Waals surface area contributed by atoms with Crippen molar-refractivity contribution in [2.75, 3.05) is 5.73 Å². The summed E-state index contributed by atoms with van der Waals surface area (Å²) >= 11 is 0. The van der Waals surface area contributed by atoms with Gasteiger partial charge in [-0.2, -0.15) is 0 Å². The summed E-state index contributed by atoms with van der Waals surface area (Å²) in [6, 6.07) is 23.6. The number of carboxylic acid groups (broad SMARTS) is 1. The van der Waals surface area contributed by atoms with Gasteiger partial charge in [0.05, 0.1) is 5.56 Å². The number of nitrogens with two attached hydrogens (primary N) is 1. The molecule has 0 saturated carbocycles. The maximum atomic E-state index is 11.6. The summed E-state index contributed by atoms with van der Waals surface area (Å²) in [5, 5.41) is 9.47. The van der Waals surface area contributed by atoms with E-state index in [2.05, 4.69) is 0 Å². The lowest BCUT2D eigenvalue weighted by atomic mass is 9.94. The fraction of sp³-hybridized carbons (Fsp3) is 0.0952. The van der Waals surface area contributed by atoms with Crippen LogP contribution in [0.5, 0.6) is 0 Å². The molecule has 3 nitrogen and oxygen atoms in total. The van der Waals surface area contributed by atoms with Crippen LogP contribution in [0.4, 0.5) is 5.69 Å². The number of benzene rings is 3. The average Bonchev–Trinajstić information content (AvgIpc) is 2.59. The summed E-state index contributed by atoms with van der Waals surface area (Å²) in [4.78, 5) is 11.6. The Labute approximate surface area is 141 Å². The molecule has 0 heterocycles. The summed E-state index contributed by atoms with van der Waals surface area (Å²) in [5.41, 5.74) is 10.7. The lowest BCUT2D eigenvalue weighted by Gasteiger charge is -2.13. The van der Waals surface area contributed by atoms with Crippen LogP contribution in [0.3, 0.4) is 0 Å². The van der Waals surface area contributed by atoms with Gasteiger partial charge in [-0.15, -0.1) is 0 Å². The topological polar surface area (TPSA) is 63.3 Å². The number of aromatic carboxylic acids is 1. The molecule has 0 unspecified atom stereocenters. The number of anilines is 1. The minimum Gasteiger partial charge on any atom is -0.478 e. The summed E-state index contributed by atoms with van der Waals surface area (Å²) in [7, 11) is 0. The maximum absolute atomic E-state index is 11.6. The summed E-state index contributed by atoms with van der Waals surface area (Å²) in [5.74, 6) is -0.989. The van der Waals surface area contributed by atoms with Gasteiger partial charge >= 0.3 is 5.97 Å². The van der Waals surface area contributed by atoms with Gasteiger partial charge in [0.2, 0.25) is 0 Å². The molecule has 24 heavy (non-hydrogen) atoms. The highest BCUT2D eigenvalue weighted by atomic mass is 16.4. The van der Waals surface area contributed by atoms with E-state index in [-0.39, 0.29) is 5.56 Å². The largest absolute Gasteiger partial charge is 0.478 e. The number of hydrogen-bond acceptors (Lipinski definition) is 2. The molecule has 0 aliphatic carbocycles. The molecule has 120 valence electrons. The molecular formula is C21H19NO2. The highest BCUT2D eigenvalue weighted by Crippen LogP contribution is 2.25. The van der Waals surface area contributed by atoms with Crippen LogP contribution in [0.2, 0.25) is 0 Å². The van der Waals surface area contributed by atoms with Crippen LogP contribution in [0.15, 0.2) is 72.8 Å². The number of rotatable bonds is 5. The first-order valence-corrected chi connectivity index (χ1v) is 7.86. The first-order chi connectivity index (χ1) is 11.6. The first kappa shape index (κ1) is 15.8. The molecule has 3 aromatic rings. The van der Waals surface area contributed by atoms with Gasteiger partial charge in [0.25, 0.3) is 0 Å². The van der Waals surface area contributed by atoms with Gasteiger partial charge in [-0.05, 0) is 41.2 Å². The van der Waals surface area contributed by atoms with E-state index in [0.717, 1.165) is 22.3 Å². The number of hydrogen-bond donors (Lipinski definition) is 2. The van der Waals surface area contributed by atoms with Gasteiger partial charge in [-0.1, -0.05) is 66.7 Å². The molecule has 0 saturated heterocycles. The van der Waals surface area contributed by atoms with E-state index in [1.54, 1.807) is 6.07 Å². The zero-order chi connectivity index (χ0) is 16.9. The Hall–Kier alpha value is -3.07. The summed E-state index contributed by atoms with van der Waals surface area (Å²) in [6.07, 6.45) is 1.30. The maximum Gasteiger partial charge on any atom is 0.337 e. The molecular weight excluding hydrogens is 298 g/mol. The molecule has 0 aromatic heterocycles. The van der Waals surface area contributed by atoms with Gasteiger partial charge in [0.15, 0.2) is 0 Å². The van der Waals surface area contributed by atoms with E-state index in [9.17, 15) is 9.90 Å². The fourth-order valence-corrected chi connectivity index (χ4v) is 2.85. The Morgan fingerprint density at radius 2 is 1.33 bits per heavy atom. The van der Waals surface area contributed by atoms with Gasteiger partial charge in [0.1, 0.15) is 0 Å². The Kier molecular flexibility index (Phi) is 4.62. The molecule has 0 fully saturated rings. The van der Waals surface area contributed by atoms with Gasteiger partial charge in [-0.3, -0.25) is 0 Å². The third-order valence-electron chi connectivity index (χ3n) is 4.04. The van der Waals surface area contributed by atoms with E-state index in [4.69, 9.17) is 5.73 Å². The van der Waals surface area contributed by atoms with Crippen molar-refractivity contribution in [3.63, 3.8) is 0 Å². The fourth-order valence-electron chi connectivity index (χ4n) is 2.85. The predicted octanol–water partition coefficient (Wildman–Crippen LogP) is 4.15. The van der Waals surface area contributed by atoms with Crippen LogP contribution in [-0.4, -0.2) is 11.1 Å². The Morgan fingerprint density at radius 3 is 1.88 bits per heavy atom. The number of carbonyl (C=O) groups is 1. The molecule has 3 aromatic carbocycles. The van der Waals surface area contributed by atoms with Crippen molar-refractivity contribution in [1.29, 1.82) is 0 Å². The molecule has 3 heteroatoms. The summed E-state index contributed by atoms with van der Waals surface area (Å²) < 4.78 is 0. The summed E-state index contributed by atoms with van der Waals surface area (Å²) in [6.45, 7) is 0. The molecule has 0 aliphatic heterocycles. The molecule has 0 aliphatic rings. The monoisotopic (exact) mass is 317 g/mol. The lowest BCUT2D eigenvalue weighted by molar-refractivity contribution is 0.0698. The van der Waals surface area contributed by atoms with E-state index >= 15 is 0 Å². The molecule has 0 spiro atoms. The van der Waals surface area contributed by atoms with Crippen LogP contribution in [0, 0.1) is 0 Å². The van der Waals surface area contributed by atoms with Crippen molar-refractivity contribution in [2.24, 2.45) is 0 Å². The molecule has 3 N–H and O–H groups in total. The SMILES string of the molecule is Nc1c(Cc2ccccc2)cc(Cc2ccccc2)cc1C(=O)O. The van der Waals surface area contributed by atoms with Crippen LogP contribution < -0.4 is 5.73 Å². The smallest absolute Gasteiger partial charge is 0.337 e. The van der Waals surface area contributed by atoms with Crippen LogP contribution in [0.1, 0.15) is 32.6 Å². The predicted molar refractivity (Wildman–Crippen MR) is 96.3 cm³/mol. The minimum atomic E-state index is -0.989. The zero-order valence-electron chi connectivity index (χ0n) is 13.3. The minimum absolute atomic E-state index is 0.175. The Balaban J connectivity index is 1.99. The zero-order valence-corrected chi connectivity index (χ0v) is 13.3. The van der Waals surface area contributed by atoms with Crippen molar-refractivity contribution in [1.82, 2.24) is 0 Å². The molecule has 0 atom stereocenters. The van der Waals surface area contributed by atoms with Crippen LogP contribution >= 0.6 is 0 Å². The van der Waals surface area contributed by atoms with Crippen molar-refractivity contribution in [3.8, 4) is 0 Å². The second kappa shape index (κ2) is 7.01. The number of nitrogen functional groups attached to an aromatic ring is 1. The van der Waals surface area contributed by atoms with Gasteiger partial charge < -0.3 is 10.8 Å². The quantitative estimate of drug-likeness (QED) is 0.695. The molecule has 0 bridgehead atoms. The van der Waals surface area contributed by atoms with Crippen molar-refractivity contribution in [3.05, 3.63) is 101 Å². The van der Waals surface area contributed by atoms with E-state index in [0.29, 0.717) is 18.5 Å². The second-order valence-corrected chi connectivity index (χ2v) is 5.85. The Morgan fingerprint density at radius 1 is 0.792 bits per heavy atom. The Bertz CT molecular complexity index is 842. The van der Waals surface area contributed by atoms with E-state index < -0.39 is 5.97 Å². The normalized spacial score (nSPS) is 10.5. The van der Waals surface area contributed by atoms with Crippen LogP contribution in [-0.2, 0) is 12.8 Å². The highest BCUT2D eigenvalue weighted by molar-refractivity contribution is 5.94. The third kappa shape index (κ3) is 3.63. The van der Waals surface area contributed by atoms with Crippen molar-refractivity contribution >= 4 is 11.7 Å². The average molecular weight is 317 g/mol. The lowest BCUT2D eigenvalue weighted by Crippen LogP contribution is -2.08.